The van der Waals surface area contributed by atoms with E-state index in [0.717, 1.165) is 37.9 Å². The Labute approximate surface area is 253 Å². The second kappa shape index (κ2) is 12.6. The molecule has 1 amide bonds. The smallest absolute Gasteiger partial charge is 0.422 e. The molecule has 0 fully saturated rings. The van der Waals surface area contributed by atoms with Crippen molar-refractivity contribution in [2.75, 3.05) is 0 Å². The molecule has 0 aliphatic carbocycles. The van der Waals surface area contributed by atoms with Crippen LogP contribution < -0.4 is 21.8 Å². The van der Waals surface area contributed by atoms with Crippen molar-refractivity contribution in [1.82, 2.24) is 13.7 Å². The number of hydrogen-bond donors (Lipinski definition) is 1. The number of hydrogen-bond acceptors (Lipinski definition) is 8. The molecule has 0 bridgehead atoms. The van der Waals surface area contributed by atoms with Crippen molar-refractivity contribution in [2.45, 2.75) is 45.6 Å². The van der Waals surface area contributed by atoms with Gasteiger partial charge in [0, 0.05) is 25.0 Å². The number of nitrogens with two attached hydrogens (primary N) is 1. The van der Waals surface area contributed by atoms with Crippen LogP contribution in [0.3, 0.4) is 0 Å². The van der Waals surface area contributed by atoms with Crippen LogP contribution in [0.2, 0.25) is 0 Å². The summed E-state index contributed by atoms with van der Waals surface area (Å²) in [5, 5.41) is 2.84. The monoisotopic (exact) mass is 659 g/mol. The summed E-state index contributed by atoms with van der Waals surface area (Å²) in [6.07, 6.45) is -5.21. The van der Waals surface area contributed by atoms with E-state index in [9.17, 15) is 36.7 Å². The van der Waals surface area contributed by atoms with Crippen molar-refractivity contribution in [3.63, 3.8) is 0 Å². The fourth-order valence-electron chi connectivity index (χ4n) is 4.34. The van der Waals surface area contributed by atoms with Crippen LogP contribution in [0.1, 0.15) is 31.4 Å². The second-order valence-electron chi connectivity index (χ2n) is 9.95. The first-order valence-corrected chi connectivity index (χ1v) is 14.7. The topological polar surface area (TPSA) is 131 Å². The van der Waals surface area contributed by atoms with Crippen LogP contribution in [0.5, 0.6) is 0 Å². The highest BCUT2D eigenvalue weighted by Crippen LogP contribution is 2.37. The number of aromatic nitrogens is 3. The number of amides is 1. The Balaban J connectivity index is 1.80. The molecule has 17 heteroatoms. The molecule has 0 unspecified atom stereocenters. The summed E-state index contributed by atoms with van der Waals surface area (Å²) in [6.45, 7) is 2.80. The quantitative estimate of drug-likeness (QED) is 0.227. The minimum atomic E-state index is -5.35. The van der Waals surface area contributed by atoms with Crippen molar-refractivity contribution in [3.05, 3.63) is 71.3 Å². The molecule has 3 aromatic heterocycles. The number of carbonyl (C=O) groups is 2. The van der Waals surface area contributed by atoms with E-state index < -0.39 is 71.3 Å². The zero-order chi connectivity index (χ0) is 32.7. The second-order valence-corrected chi connectivity index (χ2v) is 11.6. The maximum Gasteiger partial charge on any atom is 0.422 e. The van der Waals surface area contributed by atoms with Gasteiger partial charge in [0.15, 0.2) is 11.5 Å². The lowest BCUT2D eigenvalue weighted by Gasteiger charge is -2.18. The molecule has 4 aromatic rings. The first kappa shape index (κ1) is 32.9. The Hall–Kier alpha value is -3.96. The fraction of sp³-hybridized carbons (Fsp3) is 0.370. The molecule has 0 saturated heterocycles. The van der Waals surface area contributed by atoms with Crippen molar-refractivity contribution < 1.29 is 36.3 Å². The highest BCUT2D eigenvalue weighted by molar-refractivity contribution is 7.17. The number of nitrogens with zero attached hydrogens (tertiary/aromatic N) is 4. The first-order chi connectivity index (χ1) is 20.6. The lowest BCUT2D eigenvalue weighted by atomic mass is 10.0. The Bertz CT molecular complexity index is 1950. The molecular weight excluding hydrogens is 633 g/mol. The zero-order valence-electron chi connectivity index (χ0n) is 23.7. The number of aryl methyl sites for hydroxylation is 1. The Morgan fingerprint density at radius 1 is 1.09 bits per heavy atom. The number of thiophene rings is 1. The average molecular weight is 660 g/mol. The van der Waals surface area contributed by atoms with E-state index in [1.54, 1.807) is 13.8 Å². The summed E-state index contributed by atoms with van der Waals surface area (Å²) in [5.41, 5.74) is 1.96. The molecule has 10 nitrogen and oxygen atoms in total. The third kappa shape index (κ3) is 6.16. The van der Waals surface area contributed by atoms with Crippen LogP contribution in [0.25, 0.3) is 21.5 Å². The molecule has 4 rings (SSSR count). The molecule has 236 valence electrons. The van der Waals surface area contributed by atoms with Crippen molar-refractivity contribution >= 4 is 44.8 Å². The minimum absolute atomic E-state index is 0.143. The molecule has 2 N–H and O–H groups in total. The molecule has 0 aliphatic heterocycles. The van der Waals surface area contributed by atoms with Crippen LogP contribution in [0, 0.1) is 17.6 Å². The van der Waals surface area contributed by atoms with Gasteiger partial charge >= 0.3 is 17.8 Å². The maximum atomic E-state index is 15.1. The van der Waals surface area contributed by atoms with Crippen molar-refractivity contribution in [2.24, 2.45) is 30.7 Å². The largest absolute Gasteiger partial charge is 0.443 e. The summed E-state index contributed by atoms with van der Waals surface area (Å²) < 4.78 is 77.9. The molecule has 2 atom stereocenters. The van der Waals surface area contributed by atoms with Gasteiger partial charge in [0.05, 0.1) is 17.5 Å². The van der Waals surface area contributed by atoms with Crippen molar-refractivity contribution in [3.8, 4) is 11.3 Å². The van der Waals surface area contributed by atoms with Gasteiger partial charge in [0.1, 0.15) is 28.1 Å². The molecule has 0 aliphatic rings. The van der Waals surface area contributed by atoms with Gasteiger partial charge in [-0.25, -0.2) is 13.6 Å². The molecule has 1 aromatic carbocycles. The lowest BCUT2D eigenvalue weighted by Crippen LogP contribution is -2.38. The van der Waals surface area contributed by atoms with Gasteiger partial charge in [-0.2, -0.15) is 18.2 Å². The Morgan fingerprint density at radius 3 is 2.41 bits per heavy atom. The molecular formula is C27H26F5N5O5S2. The van der Waals surface area contributed by atoms with E-state index in [2.05, 4.69) is 4.99 Å². The van der Waals surface area contributed by atoms with Gasteiger partial charge in [0.25, 0.3) is 11.5 Å². The number of benzene rings is 1. The maximum absolute atomic E-state index is 15.1. The first-order valence-electron chi connectivity index (χ1n) is 13.0. The number of alkyl halides is 3. The van der Waals surface area contributed by atoms with Gasteiger partial charge in [-0.05, 0) is 29.0 Å². The number of carbonyl (C=O) groups excluding carboxylic acids is 2. The summed E-state index contributed by atoms with van der Waals surface area (Å²) >= 11 is 1.80. The number of halogens is 5. The van der Waals surface area contributed by atoms with E-state index in [1.807, 2.05) is 0 Å². The van der Waals surface area contributed by atoms with Crippen LogP contribution in [-0.4, -0.2) is 31.6 Å². The average Bonchev–Trinajstić information content (AvgIpc) is 3.56. The van der Waals surface area contributed by atoms with E-state index in [0.29, 0.717) is 17.3 Å². The minimum Gasteiger partial charge on any atom is -0.443 e. The Morgan fingerprint density at radius 2 is 1.77 bits per heavy atom. The summed E-state index contributed by atoms with van der Waals surface area (Å²) in [4.78, 5) is 54.9. The van der Waals surface area contributed by atoms with Gasteiger partial charge in [-0.1, -0.05) is 20.3 Å². The fourth-order valence-corrected chi connectivity index (χ4v) is 6.27. The number of fused-ring (bicyclic) bond motifs is 1. The molecule has 0 saturated carbocycles. The molecule has 44 heavy (non-hydrogen) atoms. The van der Waals surface area contributed by atoms with Crippen molar-refractivity contribution in [1.29, 1.82) is 0 Å². The van der Waals surface area contributed by atoms with E-state index >= 15 is 4.39 Å². The van der Waals surface area contributed by atoms with Crippen LogP contribution in [0.15, 0.2) is 37.5 Å². The highest BCUT2D eigenvalue weighted by Gasteiger charge is 2.39. The zero-order valence-corrected chi connectivity index (χ0v) is 25.3. The van der Waals surface area contributed by atoms with E-state index in [1.165, 1.54) is 29.4 Å². The highest BCUT2D eigenvalue weighted by atomic mass is 32.1. The van der Waals surface area contributed by atoms with Gasteiger partial charge < -0.3 is 10.5 Å². The van der Waals surface area contributed by atoms with Gasteiger partial charge in [-0.3, -0.25) is 28.1 Å². The predicted molar refractivity (Wildman–Crippen MR) is 153 cm³/mol. The third-order valence-electron chi connectivity index (χ3n) is 7.12. The van der Waals surface area contributed by atoms with Gasteiger partial charge in [-0.15, -0.1) is 22.7 Å². The lowest BCUT2D eigenvalue weighted by molar-refractivity contribution is -0.150. The van der Waals surface area contributed by atoms with E-state index in [-0.39, 0.29) is 27.4 Å². The number of rotatable bonds is 8. The summed E-state index contributed by atoms with van der Waals surface area (Å²) in [5.74, 6) is -5.67. The number of ether oxygens (including phenoxy) is 1. The van der Waals surface area contributed by atoms with Crippen LogP contribution in [-0.2, 0) is 47.7 Å². The summed E-state index contributed by atoms with van der Waals surface area (Å²) in [6, 6.07) is 0.189. The summed E-state index contributed by atoms with van der Waals surface area (Å²) in [7, 11) is 2.76. The predicted octanol–water partition coefficient (Wildman–Crippen LogP) is 3.67. The number of thiazole rings is 1. The standard InChI is InChI=1S/C27H26F5N5O5S2/c1-5-12(2)21(33)24(40)42-11-37-16(14-6-7-15(28)19(20(14)29)27(30,31)32)10-44-25(37)34-17(38)8-13-9-43-23-18(13)22(39)35(3)26(41)36(23)4/h6-7,9-10,12,21H,5,8,11,33H2,1-4H3/b34-25-/t12-,21-/m0/s1. The normalized spacial score (nSPS) is 13.8. The molecule has 3 heterocycles. The number of esters is 1. The molecule has 0 spiro atoms. The van der Waals surface area contributed by atoms with E-state index in [4.69, 9.17) is 10.5 Å². The van der Waals surface area contributed by atoms with Crippen LogP contribution >= 0.6 is 22.7 Å². The van der Waals surface area contributed by atoms with Gasteiger partial charge in [0.2, 0.25) is 0 Å². The Kier molecular flexibility index (Phi) is 9.41. The third-order valence-corrected chi connectivity index (χ3v) is 9.09. The molecule has 0 radical (unpaired) electrons. The van der Waals surface area contributed by atoms with Crippen LogP contribution in [0.4, 0.5) is 22.0 Å². The SMILES string of the molecule is CC[C@H](C)[C@H](N)C(=O)OCn1c(-c2ccc(F)c(C(F)(F)F)c2F)cs/c1=N\C(=O)Cc1csc2c1c(=O)n(C)c(=O)n2C.